The maximum atomic E-state index is 11.3. The third-order valence-corrected chi connectivity index (χ3v) is 3.02. The highest BCUT2D eigenvalue weighted by Crippen LogP contribution is 2.17. The maximum absolute atomic E-state index is 11.3. The number of nitrogens with two attached hydrogens (primary N) is 1. The summed E-state index contributed by atoms with van der Waals surface area (Å²) in [6, 6.07) is 1.96. The summed E-state index contributed by atoms with van der Waals surface area (Å²) in [5.74, 6) is 4.88. The van der Waals surface area contributed by atoms with Gasteiger partial charge in [-0.05, 0) is 30.6 Å². The van der Waals surface area contributed by atoms with Gasteiger partial charge in [-0.2, -0.15) is 0 Å². The molecule has 1 heterocycles. The summed E-state index contributed by atoms with van der Waals surface area (Å²) in [5.41, 5.74) is 3.18. The Morgan fingerprint density at radius 1 is 1.71 bits per heavy atom. The summed E-state index contributed by atoms with van der Waals surface area (Å²) < 4.78 is 0. The fraction of sp³-hybridized carbons (Fsp3) is 0.444. The van der Waals surface area contributed by atoms with Crippen molar-refractivity contribution in [2.75, 3.05) is 13.6 Å². The van der Waals surface area contributed by atoms with Crippen LogP contribution in [0.1, 0.15) is 22.2 Å². The number of nitrogens with zero attached hydrogens (tertiary/aromatic N) is 1. The minimum absolute atomic E-state index is 0.209. The van der Waals surface area contributed by atoms with Crippen molar-refractivity contribution in [2.45, 2.75) is 13.5 Å². The van der Waals surface area contributed by atoms with Gasteiger partial charge in [0.2, 0.25) is 0 Å². The number of hydrogen-bond acceptors (Lipinski definition) is 4. The van der Waals surface area contributed by atoms with Crippen LogP contribution < -0.4 is 11.3 Å². The topological polar surface area (TPSA) is 58.4 Å². The van der Waals surface area contributed by atoms with Crippen LogP contribution in [0.15, 0.2) is 11.4 Å². The molecule has 4 nitrogen and oxygen atoms in total. The van der Waals surface area contributed by atoms with Gasteiger partial charge in [-0.3, -0.25) is 10.2 Å². The standard InChI is InChI=1S/C9H15N3OS/c1-3-12(2)6-7-4-5-14-8(7)9(13)11-10/h4-5H,3,6,10H2,1-2H3,(H,11,13). The highest BCUT2D eigenvalue weighted by atomic mass is 32.1. The lowest BCUT2D eigenvalue weighted by Crippen LogP contribution is -2.30. The molecule has 0 saturated carbocycles. The lowest BCUT2D eigenvalue weighted by atomic mass is 10.2. The van der Waals surface area contributed by atoms with Crippen LogP contribution in [0.25, 0.3) is 0 Å². The molecule has 78 valence electrons. The lowest BCUT2D eigenvalue weighted by Gasteiger charge is -2.13. The monoisotopic (exact) mass is 213 g/mol. The molecule has 14 heavy (non-hydrogen) atoms. The number of hydrazine groups is 1. The Morgan fingerprint density at radius 3 is 3.00 bits per heavy atom. The van der Waals surface area contributed by atoms with Gasteiger partial charge in [0, 0.05) is 6.54 Å². The molecule has 0 fully saturated rings. The van der Waals surface area contributed by atoms with Crippen molar-refractivity contribution in [3.63, 3.8) is 0 Å². The Balaban J connectivity index is 2.77. The van der Waals surface area contributed by atoms with Crippen LogP contribution in [0.4, 0.5) is 0 Å². The van der Waals surface area contributed by atoms with Crippen LogP contribution in [-0.4, -0.2) is 24.4 Å². The summed E-state index contributed by atoms with van der Waals surface area (Å²) in [6.45, 7) is 3.82. The van der Waals surface area contributed by atoms with E-state index in [-0.39, 0.29) is 5.91 Å². The average Bonchev–Trinajstić information content (AvgIpc) is 2.64. The van der Waals surface area contributed by atoms with E-state index in [9.17, 15) is 4.79 Å². The van der Waals surface area contributed by atoms with E-state index in [4.69, 9.17) is 5.84 Å². The number of carbonyl (C=O) groups excluding carboxylic acids is 1. The molecule has 0 aliphatic carbocycles. The third-order valence-electron chi connectivity index (χ3n) is 2.06. The Morgan fingerprint density at radius 2 is 2.43 bits per heavy atom. The van der Waals surface area contributed by atoms with Gasteiger partial charge in [0.25, 0.3) is 5.91 Å². The summed E-state index contributed by atoms with van der Waals surface area (Å²) in [4.78, 5) is 14.2. The van der Waals surface area contributed by atoms with Crippen LogP contribution in [0.2, 0.25) is 0 Å². The van der Waals surface area contributed by atoms with Crippen molar-refractivity contribution in [3.05, 3.63) is 21.9 Å². The van der Waals surface area contributed by atoms with Crippen molar-refractivity contribution >= 4 is 17.2 Å². The van der Waals surface area contributed by atoms with E-state index in [1.807, 2.05) is 18.5 Å². The number of carbonyl (C=O) groups is 1. The molecule has 1 amide bonds. The van der Waals surface area contributed by atoms with Crippen molar-refractivity contribution < 1.29 is 4.79 Å². The minimum atomic E-state index is -0.209. The largest absolute Gasteiger partial charge is 0.302 e. The van der Waals surface area contributed by atoms with Crippen molar-refractivity contribution in [1.29, 1.82) is 0 Å². The Kier molecular flexibility index (Phi) is 4.06. The zero-order valence-electron chi connectivity index (χ0n) is 8.41. The maximum Gasteiger partial charge on any atom is 0.275 e. The lowest BCUT2D eigenvalue weighted by molar-refractivity contribution is 0.0956. The van der Waals surface area contributed by atoms with Gasteiger partial charge < -0.3 is 4.90 Å². The van der Waals surface area contributed by atoms with Gasteiger partial charge in [0.05, 0.1) is 4.88 Å². The second-order valence-corrected chi connectivity index (χ2v) is 3.99. The molecule has 0 bridgehead atoms. The molecule has 0 radical (unpaired) electrons. The van der Waals surface area contributed by atoms with Crippen LogP contribution in [0, 0.1) is 0 Å². The van der Waals surface area contributed by atoms with Gasteiger partial charge in [0.1, 0.15) is 0 Å². The Hall–Kier alpha value is -0.910. The van der Waals surface area contributed by atoms with Gasteiger partial charge in [-0.1, -0.05) is 6.92 Å². The summed E-state index contributed by atoms with van der Waals surface area (Å²) >= 11 is 1.42. The highest BCUT2D eigenvalue weighted by Gasteiger charge is 2.12. The Labute approximate surface area is 87.7 Å². The van der Waals surface area contributed by atoms with E-state index >= 15 is 0 Å². The number of amides is 1. The molecule has 0 aromatic carbocycles. The smallest absolute Gasteiger partial charge is 0.275 e. The van der Waals surface area contributed by atoms with E-state index in [1.54, 1.807) is 0 Å². The fourth-order valence-electron chi connectivity index (χ4n) is 1.13. The molecule has 1 rings (SSSR count). The molecule has 0 aliphatic rings. The van der Waals surface area contributed by atoms with E-state index in [2.05, 4.69) is 17.2 Å². The van der Waals surface area contributed by atoms with Crippen LogP contribution in [0.3, 0.4) is 0 Å². The average molecular weight is 213 g/mol. The number of rotatable bonds is 4. The Bertz CT molecular complexity index is 311. The van der Waals surface area contributed by atoms with E-state index < -0.39 is 0 Å². The number of hydrogen-bond donors (Lipinski definition) is 2. The number of nitrogens with one attached hydrogen (secondary N) is 1. The molecule has 3 N–H and O–H groups in total. The summed E-state index contributed by atoms with van der Waals surface area (Å²) in [7, 11) is 2.02. The molecule has 0 saturated heterocycles. The molecule has 0 unspecified atom stereocenters. The molecule has 0 atom stereocenters. The van der Waals surface area contributed by atoms with Crippen molar-refractivity contribution in [2.24, 2.45) is 5.84 Å². The molecular formula is C9H15N3OS. The second-order valence-electron chi connectivity index (χ2n) is 3.08. The van der Waals surface area contributed by atoms with Crippen LogP contribution in [-0.2, 0) is 6.54 Å². The molecular weight excluding hydrogens is 198 g/mol. The molecule has 0 spiro atoms. The molecule has 0 aliphatic heterocycles. The van der Waals surface area contributed by atoms with Gasteiger partial charge >= 0.3 is 0 Å². The fourth-order valence-corrected chi connectivity index (χ4v) is 1.95. The number of thiophene rings is 1. The van der Waals surface area contributed by atoms with Gasteiger partial charge in [-0.15, -0.1) is 11.3 Å². The first-order valence-electron chi connectivity index (χ1n) is 4.44. The first-order valence-corrected chi connectivity index (χ1v) is 5.32. The predicted octanol–water partition coefficient (Wildman–Crippen LogP) is 0.803. The van der Waals surface area contributed by atoms with Gasteiger partial charge in [-0.25, -0.2) is 5.84 Å². The van der Waals surface area contributed by atoms with E-state index in [0.29, 0.717) is 4.88 Å². The SMILES string of the molecule is CCN(C)Cc1ccsc1C(=O)NN. The quantitative estimate of drug-likeness (QED) is 0.442. The summed E-state index contributed by atoms with van der Waals surface area (Å²) in [6.07, 6.45) is 0. The third kappa shape index (κ3) is 2.54. The first kappa shape index (κ1) is 11.2. The van der Waals surface area contributed by atoms with Crippen LogP contribution >= 0.6 is 11.3 Å². The zero-order chi connectivity index (χ0) is 10.6. The normalized spacial score (nSPS) is 10.6. The van der Waals surface area contributed by atoms with Gasteiger partial charge in [0.15, 0.2) is 0 Å². The number of nitrogen functional groups attached to an aromatic ring is 1. The van der Waals surface area contributed by atoms with Crippen molar-refractivity contribution in [1.82, 2.24) is 10.3 Å². The zero-order valence-corrected chi connectivity index (χ0v) is 9.23. The van der Waals surface area contributed by atoms with Crippen LogP contribution in [0.5, 0.6) is 0 Å². The summed E-state index contributed by atoms with van der Waals surface area (Å²) in [5, 5.41) is 1.91. The molecule has 1 aromatic heterocycles. The van der Waals surface area contributed by atoms with E-state index in [1.165, 1.54) is 11.3 Å². The van der Waals surface area contributed by atoms with Crippen molar-refractivity contribution in [3.8, 4) is 0 Å². The molecule has 1 aromatic rings. The highest BCUT2D eigenvalue weighted by molar-refractivity contribution is 7.12. The first-order chi connectivity index (χ1) is 6.69. The minimum Gasteiger partial charge on any atom is -0.302 e. The van der Waals surface area contributed by atoms with E-state index in [0.717, 1.165) is 18.7 Å². The second kappa shape index (κ2) is 5.09. The predicted molar refractivity (Wildman–Crippen MR) is 58.0 cm³/mol. The molecule has 5 heteroatoms.